The number of hydrogen-bond acceptors (Lipinski definition) is 4. The predicted molar refractivity (Wildman–Crippen MR) is 71.6 cm³/mol. The van der Waals surface area contributed by atoms with E-state index in [1.165, 1.54) is 11.1 Å². The van der Waals surface area contributed by atoms with Crippen LogP contribution in [0.2, 0.25) is 0 Å². The fourth-order valence-corrected chi connectivity index (χ4v) is 1.93. The molecule has 94 valence electrons. The summed E-state index contributed by atoms with van der Waals surface area (Å²) in [5.74, 6) is 5.61. The zero-order chi connectivity index (χ0) is 12.8. The zero-order valence-corrected chi connectivity index (χ0v) is 10.5. The molecule has 1 unspecified atom stereocenters. The van der Waals surface area contributed by atoms with Crippen molar-refractivity contribution in [3.8, 4) is 0 Å². The maximum atomic E-state index is 5.61. The quantitative estimate of drug-likeness (QED) is 0.619. The van der Waals surface area contributed by atoms with Gasteiger partial charge in [-0.2, -0.15) is 10.2 Å². The molecule has 0 aliphatic heterocycles. The van der Waals surface area contributed by atoms with Gasteiger partial charge in [-0.3, -0.25) is 11.3 Å². The Labute approximate surface area is 107 Å². The van der Waals surface area contributed by atoms with Gasteiger partial charge in [0.25, 0.3) is 0 Å². The van der Waals surface area contributed by atoms with E-state index in [1.807, 2.05) is 6.07 Å². The summed E-state index contributed by atoms with van der Waals surface area (Å²) in [5.41, 5.74) is 6.48. The molecule has 1 heterocycles. The molecule has 0 spiro atoms. The summed E-state index contributed by atoms with van der Waals surface area (Å²) in [6, 6.07) is 10.6. The fourth-order valence-electron chi connectivity index (χ4n) is 1.93. The first-order valence-electron chi connectivity index (χ1n) is 6.14. The van der Waals surface area contributed by atoms with Crippen LogP contribution in [0.15, 0.2) is 42.7 Å². The second-order valence-corrected chi connectivity index (χ2v) is 4.27. The number of aryl methyl sites for hydroxylation is 1. The third-order valence-corrected chi connectivity index (χ3v) is 3.08. The monoisotopic (exact) mass is 242 g/mol. The van der Waals surface area contributed by atoms with Crippen molar-refractivity contribution in [3.63, 3.8) is 0 Å². The minimum absolute atomic E-state index is 0.0629. The number of rotatable bonds is 5. The highest BCUT2D eigenvalue weighted by molar-refractivity contribution is 5.25. The van der Waals surface area contributed by atoms with Gasteiger partial charge in [0.2, 0.25) is 0 Å². The van der Waals surface area contributed by atoms with Gasteiger partial charge in [-0.05, 0) is 35.6 Å². The number of nitrogens with one attached hydrogen (secondary N) is 1. The topological polar surface area (TPSA) is 63.8 Å². The highest BCUT2D eigenvalue weighted by Crippen LogP contribution is 2.17. The second kappa shape index (κ2) is 6.23. The van der Waals surface area contributed by atoms with Crippen molar-refractivity contribution < 1.29 is 0 Å². The Morgan fingerprint density at radius 2 is 1.83 bits per heavy atom. The van der Waals surface area contributed by atoms with E-state index in [-0.39, 0.29) is 6.04 Å². The molecular weight excluding hydrogens is 224 g/mol. The van der Waals surface area contributed by atoms with Crippen molar-refractivity contribution >= 4 is 0 Å². The molecule has 0 saturated heterocycles. The van der Waals surface area contributed by atoms with Gasteiger partial charge in [0.15, 0.2) is 0 Å². The molecule has 3 N–H and O–H groups in total. The van der Waals surface area contributed by atoms with Gasteiger partial charge in [0.05, 0.1) is 12.2 Å². The number of hydrazine groups is 1. The number of benzene rings is 1. The fraction of sp³-hybridized carbons (Fsp3) is 0.286. The molecular formula is C14H18N4. The molecule has 18 heavy (non-hydrogen) atoms. The average Bonchev–Trinajstić information content (AvgIpc) is 2.46. The number of hydrogen-bond donors (Lipinski definition) is 2. The molecule has 1 aromatic heterocycles. The van der Waals surface area contributed by atoms with Crippen molar-refractivity contribution in [2.24, 2.45) is 5.84 Å². The van der Waals surface area contributed by atoms with E-state index in [0.29, 0.717) is 0 Å². The zero-order valence-electron chi connectivity index (χ0n) is 10.5. The van der Waals surface area contributed by atoms with Crippen LogP contribution in [0.3, 0.4) is 0 Å². The highest BCUT2D eigenvalue weighted by Gasteiger charge is 2.10. The van der Waals surface area contributed by atoms with Gasteiger partial charge >= 0.3 is 0 Å². The first-order valence-corrected chi connectivity index (χ1v) is 6.14. The number of aromatic nitrogens is 2. The second-order valence-electron chi connectivity index (χ2n) is 4.27. The third kappa shape index (κ3) is 3.12. The molecule has 0 bridgehead atoms. The smallest absolute Gasteiger partial charge is 0.0544 e. The van der Waals surface area contributed by atoms with Crippen LogP contribution in [0, 0.1) is 0 Å². The summed E-state index contributed by atoms with van der Waals surface area (Å²) in [6.45, 7) is 2.15. The lowest BCUT2D eigenvalue weighted by atomic mass is 10.00. The SMILES string of the molecule is CCc1ccc(CC(NN)c2ccnnc2)cc1. The van der Waals surface area contributed by atoms with Gasteiger partial charge in [-0.25, -0.2) is 0 Å². The molecule has 0 amide bonds. The third-order valence-electron chi connectivity index (χ3n) is 3.08. The van der Waals surface area contributed by atoms with E-state index in [9.17, 15) is 0 Å². The number of nitrogens with zero attached hydrogens (tertiary/aromatic N) is 2. The van der Waals surface area contributed by atoms with Gasteiger partial charge < -0.3 is 0 Å². The van der Waals surface area contributed by atoms with E-state index in [0.717, 1.165) is 18.4 Å². The Morgan fingerprint density at radius 1 is 1.11 bits per heavy atom. The lowest BCUT2D eigenvalue weighted by Gasteiger charge is -2.15. The summed E-state index contributed by atoms with van der Waals surface area (Å²) in [6.07, 6.45) is 5.32. The Morgan fingerprint density at radius 3 is 2.39 bits per heavy atom. The largest absolute Gasteiger partial charge is 0.271 e. The minimum atomic E-state index is 0.0629. The van der Waals surface area contributed by atoms with E-state index in [4.69, 9.17) is 5.84 Å². The van der Waals surface area contributed by atoms with Crippen LogP contribution in [-0.4, -0.2) is 10.2 Å². The first kappa shape index (κ1) is 12.7. The van der Waals surface area contributed by atoms with Gasteiger partial charge in [-0.15, -0.1) is 0 Å². The standard InChI is InChI=1S/C14H18N4/c1-2-11-3-5-12(6-4-11)9-14(18-15)13-7-8-16-17-10-13/h3-8,10,14,18H,2,9,15H2,1H3. The van der Waals surface area contributed by atoms with Crippen LogP contribution in [0.1, 0.15) is 29.7 Å². The average molecular weight is 242 g/mol. The van der Waals surface area contributed by atoms with Crippen molar-refractivity contribution in [2.75, 3.05) is 0 Å². The Hall–Kier alpha value is -1.78. The van der Waals surface area contributed by atoms with Gasteiger partial charge in [0, 0.05) is 6.20 Å². The van der Waals surface area contributed by atoms with Crippen molar-refractivity contribution in [1.29, 1.82) is 0 Å². The molecule has 0 saturated carbocycles. The Balaban J connectivity index is 2.10. The molecule has 4 heteroatoms. The first-order chi connectivity index (χ1) is 8.83. The maximum absolute atomic E-state index is 5.61. The predicted octanol–water partition coefficient (Wildman–Crippen LogP) is 1.79. The summed E-state index contributed by atoms with van der Waals surface area (Å²) in [4.78, 5) is 0. The normalized spacial score (nSPS) is 12.3. The van der Waals surface area contributed by atoms with Gasteiger partial charge in [0.1, 0.15) is 0 Å². The van der Waals surface area contributed by atoms with Crippen molar-refractivity contribution in [2.45, 2.75) is 25.8 Å². The molecule has 0 aliphatic carbocycles. The van der Waals surface area contributed by atoms with Crippen LogP contribution in [0.5, 0.6) is 0 Å². The van der Waals surface area contributed by atoms with E-state index in [1.54, 1.807) is 12.4 Å². The lowest BCUT2D eigenvalue weighted by molar-refractivity contribution is 0.548. The molecule has 1 aromatic carbocycles. The van der Waals surface area contributed by atoms with Crippen LogP contribution in [-0.2, 0) is 12.8 Å². The lowest BCUT2D eigenvalue weighted by Crippen LogP contribution is -2.29. The van der Waals surface area contributed by atoms with Crippen LogP contribution >= 0.6 is 0 Å². The molecule has 2 rings (SSSR count). The van der Waals surface area contributed by atoms with Crippen molar-refractivity contribution in [3.05, 3.63) is 59.4 Å². The molecule has 0 aliphatic rings. The van der Waals surface area contributed by atoms with Crippen LogP contribution in [0.4, 0.5) is 0 Å². The molecule has 1 atom stereocenters. The highest BCUT2D eigenvalue weighted by atomic mass is 15.2. The van der Waals surface area contributed by atoms with Crippen LogP contribution in [0.25, 0.3) is 0 Å². The number of nitrogens with two attached hydrogens (primary N) is 1. The molecule has 2 aromatic rings. The Bertz CT molecular complexity index is 467. The summed E-state index contributed by atoms with van der Waals surface area (Å²) in [5, 5.41) is 7.65. The van der Waals surface area contributed by atoms with E-state index in [2.05, 4.69) is 46.8 Å². The van der Waals surface area contributed by atoms with E-state index < -0.39 is 0 Å². The summed E-state index contributed by atoms with van der Waals surface area (Å²) < 4.78 is 0. The minimum Gasteiger partial charge on any atom is -0.271 e. The molecule has 0 fully saturated rings. The summed E-state index contributed by atoms with van der Waals surface area (Å²) in [7, 11) is 0. The Kier molecular flexibility index (Phi) is 4.39. The molecule has 4 nitrogen and oxygen atoms in total. The van der Waals surface area contributed by atoms with Crippen molar-refractivity contribution in [1.82, 2.24) is 15.6 Å². The summed E-state index contributed by atoms with van der Waals surface area (Å²) >= 11 is 0. The van der Waals surface area contributed by atoms with Gasteiger partial charge in [-0.1, -0.05) is 31.2 Å². The van der Waals surface area contributed by atoms with Crippen LogP contribution < -0.4 is 11.3 Å². The maximum Gasteiger partial charge on any atom is 0.0544 e. The molecule has 0 radical (unpaired) electrons. The van der Waals surface area contributed by atoms with E-state index >= 15 is 0 Å².